The zero-order valence-electron chi connectivity index (χ0n) is 13.4. The van der Waals surface area contributed by atoms with Gasteiger partial charge in [-0.3, -0.25) is 4.79 Å². The first kappa shape index (κ1) is 17.3. The third-order valence-corrected chi connectivity index (χ3v) is 4.00. The van der Waals surface area contributed by atoms with E-state index in [0.29, 0.717) is 11.6 Å². The fourth-order valence-corrected chi connectivity index (χ4v) is 2.20. The third kappa shape index (κ3) is 5.58. The summed E-state index contributed by atoms with van der Waals surface area (Å²) >= 11 is 5.84. The van der Waals surface area contributed by atoms with E-state index in [0.717, 1.165) is 22.9 Å². The molecule has 0 spiro atoms. The molecule has 2 aromatic rings. The quantitative estimate of drug-likeness (QED) is 0.816. The van der Waals surface area contributed by atoms with Gasteiger partial charge in [0, 0.05) is 10.7 Å². The Labute approximate surface area is 142 Å². The van der Waals surface area contributed by atoms with Crippen LogP contribution in [0.25, 0.3) is 0 Å². The molecule has 122 valence electrons. The van der Waals surface area contributed by atoms with E-state index in [2.05, 4.69) is 5.32 Å². The van der Waals surface area contributed by atoms with Crippen LogP contribution < -0.4 is 15.0 Å². The Morgan fingerprint density at radius 3 is 2.48 bits per heavy atom. The molecule has 0 saturated carbocycles. The topological polar surface area (TPSA) is 42.8 Å². The van der Waals surface area contributed by atoms with Crippen LogP contribution in [0.5, 0.6) is 5.75 Å². The Hall–Kier alpha value is -2.04. The number of ether oxygens (including phenoxy) is 1. The van der Waals surface area contributed by atoms with E-state index < -0.39 is 0 Å². The summed E-state index contributed by atoms with van der Waals surface area (Å²) in [5.41, 5.74) is 0.750. The molecule has 0 aliphatic heterocycles. The van der Waals surface area contributed by atoms with Crippen molar-refractivity contribution in [3.8, 4) is 5.75 Å². The van der Waals surface area contributed by atoms with Crippen molar-refractivity contribution in [1.29, 1.82) is 0 Å². The van der Waals surface area contributed by atoms with E-state index in [9.17, 15) is 4.79 Å². The van der Waals surface area contributed by atoms with Crippen molar-refractivity contribution < 1.29 is 14.4 Å². The maximum absolute atomic E-state index is 12.3. The summed E-state index contributed by atoms with van der Waals surface area (Å²) in [6.07, 6.45) is 0. The number of hydrogen-bond acceptors (Lipinski definition) is 2. The number of amides is 1. The summed E-state index contributed by atoms with van der Waals surface area (Å²) in [5.74, 6) is 0.822. The number of hydrogen-bond donors (Lipinski definition) is 2. The lowest BCUT2D eigenvalue weighted by molar-refractivity contribution is -0.894. The Morgan fingerprint density at radius 2 is 1.83 bits per heavy atom. The molecule has 0 fully saturated rings. The summed E-state index contributed by atoms with van der Waals surface area (Å²) in [5, 5.41) is 3.55. The number of rotatable bonds is 7. The number of benzene rings is 2. The molecule has 2 atom stereocenters. The highest BCUT2D eigenvalue weighted by atomic mass is 35.5. The lowest BCUT2D eigenvalue weighted by Crippen LogP contribution is -3.14. The van der Waals surface area contributed by atoms with Crippen LogP contribution in [0.15, 0.2) is 54.6 Å². The average molecular weight is 334 g/mol. The lowest BCUT2D eigenvalue weighted by atomic mass is 10.2. The molecule has 0 bridgehead atoms. The molecule has 0 aliphatic rings. The fraction of sp³-hybridized carbons (Fsp3) is 0.278. The molecule has 23 heavy (non-hydrogen) atoms. The molecule has 4 nitrogen and oxygen atoms in total. The summed E-state index contributed by atoms with van der Waals surface area (Å²) in [6, 6.07) is 16.6. The molecule has 5 heteroatoms. The first-order valence-electron chi connectivity index (χ1n) is 7.63. The summed E-state index contributed by atoms with van der Waals surface area (Å²) in [6.45, 7) is 3.21. The third-order valence-electron chi connectivity index (χ3n) is 3.75. The van der Waals surface area contributed by atoms with Crippen LogP contribution in [0, 0.1) is 0 Å². The van der Waals surface area contributed by atoms with Gasteiger partial charge in [-0.05, 0) is 43.3 Å². The van der Waals surface area contributed by atoms with Gasteiger partial charge in [-0.2, -0.15) is 0 Å². The Bertz CT molecular complexity index is 617. The second kappa shape index (κ2) is 8.56. The van der Waals surface area contributed by atoms with Gasteiger partial charge in [-0.1, -0.05) is 29.8 Å². The number of anilines is 1. The minimum atomic E-state index is -0.176. The van der Waals surface area contributed by atoms with Crippen molar-refractivity contribution in [2.75, 3.05) is 25.5 Å². The molecule has 0 radical (unpaired) electrons. The number of para-hydroxylation sites is 1. The predicted molar refractivity (Wildman–Crippen MR) is 93.2 cm³/mol. The first-order valence-corrected chi connectivity index (χ1v) is 8.00. The molecule has 2 aromatic carbocycles. The average Bonchev–Trinajstić information content (AvgIpc) is 2.57. The summed E-state index contributed by atoms with van der Waals surface area (Å²) < 4.78 is 5.67. The van der Waals surface area contributed by atoms with Gasteiger partial charge in [0.05, 0.1) is 7.05 Å². The lowest BCUT2D eigenvalue weighted by Gasteiger charge is -2.21. The van der Waals surface area contributed by atoms with Gasteiger partial charge in [0.15, 0.2) is 6.04 Å². The molecule has 0 aromatic heterocycles. The van der Waals surface area contributed by atoms with Crippen LogP contribution in [-0.2, 0) is 4.79 Å². The second-order valence-corrected chi connectivity index (χ2v) is 5.91. The maximum Gasteiger partial charge on any atom is 0.282 e. The van der Waals surface area contributed by atoms with Crippen LogP contribution in [-0.4, -0.2) is 32.1 Å². The van der Waals surface area contributed by atoms with E-state index in [4.69, 9.17) is 16.3 Å². The Morgan fingerprint density at radius 1 is 1.17 bits per heavy atom. The van der Waals surface area contributed by atoms with Crippen molar-refractivity contribution in [1.82, 2.24) is 0 Å². The van der Waals surface area contributed by atoms with Crippen molar-refractivity contribution in [3.63, 3.8) is 0 Å². The molecule has 1 unspecified atom stereocenters. The van der Waals surface area contributed by atoms with Gasteiger partial charge in [0.2, 0.25) is 0 Å². The van der Waals surface area contributed by atoms with Crippen LogP contribution in [0.4, 0.5) is 5.69 Å². The van der Waals surface area contributed by atoms with E-state index in [1.807, 2.05) is 44.3 Å². The molecular weight excluding hydrogens is 312 g/mol. The van der Waals surface area contributed by atoms with Crippen LogP contribution in [0.3, 0.4) is 0 Å². The van der Waals surface area contributed by atoms with Gasteiger partial charge in [0.1, 0.15) is 18.9 Å². The minimum Gasteiger partial charge on any atom is -0.488 e. The van der Waals surface area contributed by atoms with E-state index in [-0.39, 0.29) is 11.9 Å². The van der Waals surface area contributed by atoms with E-state index in [1.54, 1.807) is 24.3 Å². The number of carbonyl (C=O) groups excluding carboxylic acids is 1. The summed E-state index contributed by atoms with van der Waals surface area (Å²) in [4.78, 5) is 13.4. The van der Waals surface area contributed by atoms with E-state index in [1.165, 1.54) is 0 Å². The van der Waals surface area contributed by atoms with Crippen molar-refractivity contribution in [3.05, 3.63) is 59.6 Å². The van der Waals surface area contributed by atoms with Gasteiger partial charge >= 0.3 is 0 Å². The van der Waals surface area contributed by atoms with Gasteiger partial charge in [0.25, 0.3) is 5.91 Å². The smallest absolute Gasteiger partial charge is 0.282 e. The van der Waals surface area contributed by atoms with Gasteiger partial charge in [-0.15, -0.1) is 0 Å². The molecule has 0 saturated heterocycles. The number of carbonyl (C=O) groups is 1. The fourth-order valence-electron chi connectivity index (χ4n) is 2.07. The molecular formula is C18H22ClN2O2+. The standard InChI is InChI=1S/C18H21ClN2O2/c1-14(18(22)20-16-10-8-15(19)9-11-16)21(2)12-13-23-17-6-4-3-5-7-17/h3-11,14H,12-13H2,1-2H3,(H,20,22)/p+1/t14-/m1/s1. The molecule has 2 rings (SSSR count). The van der Waals surface area contributed by atoms with Gasteiger partial charge in [-0.25, -0.2) is 0 Å². The highest BCUT2D eigenvalue weighted by molar-refractivity contribution is 6.30. The van der Waals surface area contributed by atoms with Crippen LogP contribution in [0.2, 0.25) is 5.02 Å². The maximum atomic E-state index is 12.3. The van der Waals surface area contributed by atoms with Crippen LogP contribution >= 0.6 is 11.6 Å². The molecule has 2 N–H and O–H groups in total. The van der Waals surface area contributed by atoms with Crippen molar-refractivity contribution in [2.45, 2.75) is 13.0 Å². The van der Waals surface area contributed by atoms with E-state index >= 15 is 0 Å². The summed E-state index contributed by atoms with van der Waals surface area (Å²) in [7, 11) is 1.99. The molecule has 0 aliphatic carbocycles. The van der Waals surface area contributed by atoms with Crippen molar-refractivity contribution >= 4 is 23.2 Å². The zero-order valence-corrected chi connectivity index (χ0v) is 14.1. The monoisotopic (exact) mass is 333 g/mol. The minimum absolute atomic E-state index is 0.0236. The molecule has 1 amide bonds. The number of likely N-dealkylation sites (N-methyl/N-ethyl adjacent to an activating group) is 1. The van der Waals surface area contributed by atoms with Gasteiger partial charge < -0.3 is 15.0 Å². The predicted octanol–water partition coefficient (Wildman–Crippen LogP) is 2.26. The number of quaternary nitrogens is 1. The normalized spacial score (nSPS) is 13.2. The Kier molecular flexibility index (Phi) is 6.44. The molecule has 0 heterocycles. The zero-order chi connectivity index (χ0) is 16.7. The van der Waals surface area contributed by atoms with Crippen molar-refractivity contribution in [2.24, 2.45) is 0 Å². The SMILES string of the molecule is C[C@H](C(=O)Nc1ccc(Cl)cc1)[NH+](C)CCOc1ccccc1. The first-order chi connectivity index (χ1) is 11.1. The number of halogens is 1. The number of nitrogens with one attached hydrogen (secondary N) is 2. The van der Waals surface area contributed by atoms with Crippen LogP contribution in [0.1, 0.15) is 6.92 Å². The highest BCUT2D eigenvalue weighted by Gasteiger charge is 2.21. The second-order valence-electron chi connectivity index (χ2n) is 5.48. The highest BCUT2D eigenvalue weighted by Crippen LogP contribution is 2.13. The Balaban J connectivity index is 1.78. The largest absolute Gasteiger partial charge is 0.488 e.